The molecule has 108 valence electrons. The lowest BCUT2D eigenvalue weighted by atomic mass is 10.1. The van der Waals surface area contributed by atoms with Crippen LogP contribution in [0.3, 0.4) is 0 Å². The monoisotopic (exact) mass is 345 g/mol. The highest BCUT2D eigenvalue weighted by Crippen LogP contribution is 2.30. The van der Waals surface area contributed by atoms with Crippen molar-refractivity contribution in [2.45, 2.75) is 18.8 Å². The molecule has 0 amide bonds. The summed E-state index contributed by atoms with van der Waals surface area (Å²) in [5.41, 5.74) is 0.887. The van der Waals surface area contributed by atoms with Gasteiger partial charge in [-0.05, 0) is 22.0 Å². The van der Waals surface area contributed by atoms with Crippen LogP contribution in [-0.2, 0) is 7.05 Å². The number of aromatic amines is 1. The second-order valence-corrected chi connectivity index (χ2v) is 5.90. The van der Waals surface area contributed by atoms with Gasteiger partial charge in [0, 0.05) is 43.6 Å². The maximum Gasteiger partial charge on any atom is 0.251 e. The lowest BCUT2D eigenvalue weighted by molar-refractivity contribution is -0.0222. The Labute approximate surface area is 123 Å². The van der Waals surface area contributed by atoms with E-state index in [1.165, 1.54) is 0 Å². The standard InChI is InChI=1S/C12H14BrF2N5/c1-19-7-8(13)6-9(19)10-16-11(18-17-10)20-4-2-12(14,15)3-5-20/h6-7H,2-5H2,1H3,(H,16,17,18). The maximum atomic E-state index is 13.1. The van der Waals surface area contributed by atoms with Gasteiger partial charge in [0.05, 0.1) is 5.69 Å². The van der Waals surface area contributed by atoms with Crippen molar-refractivity contribution in [1.82, 2.24) is 19.7 Å². The fraction of sp³-hybridized carbons (Fsp3) is 0.500. The van der Waals surface area contributed by atoms with E-state index in [1.807, 2.05) is 23.9 Å². The van der Waals surface area contributed by atoms with Crippen LogP contribution < -0.4 is 4.90 Å². The lowest BCUT2D eigenvalue weighted by Crippen LogP contribution is -2.39. The van der Waals surface area contributed by atoms with Crippen LogP contribution in [0.2, 0.25) is 0 Å². The van der Waals surface area contributed by atoms with Crippen LogP contribution in [0.25, 0.3) is 11.5 Å². The Kier molecular flexibility index (Phi) is 3.27. The Morgan fingerprint density at radius 1 is 1.35 bits per heavy atom. The Bertz CT molecular complexity index is 611. The molecule has 0 atom stereocenters. The molecule has 1 aliphatic heterocycles. The molecule has 0 unspecified atom stereocenters. The van der Waals surface area contributed by atoms with Gasteiger partial charge in [0.1, 0.15) is 0 Å². The number of halogens is 3. The van der Waals surface area contributed by atoms with E-state index in [0.29, 0.717) is 11.8 Å². The molecular weight excluding hydrogens is 332 g/mol. The molecule has 0 aliphatic carbocycles. The quantitative estimate of drug-likeness (QED) is 0.910. The fourth-order valence-electron chi connectivity index (χ4n) is 2.30. The number of nitrogens with one attached hydrogen (secondary N) is 1. The van der Waals surface area contributed by atoms with E-state index in [0.717, 1.165) is 10.2 Å². The summed E-state index contributed by atoms with van der Waals surface area (Å²) in [6.07, 6.45) is 1.62. The molecule has 0 aromatic carbocycles. The van der Waals surface area contributed by atoms with Crippen molar-refractivity contribution >= 4 is 21.9 Å². The number of hydrogen-bond donors (Lipinski definition) is 1. The van der Waals surface area contributed by atoms with E-state index >= 15 is 0 Å². The van der Waals surface area contributed by atoms with Crippen LogP contribution in [0.4, 0.5) is 14.7 Å². The Morgan fingerprint density at radius 2 is 2.05 bits per heavy atom. The second-order valence-electron chi connectivity index (χ2n) is 4.98. The van der Waals surface area contributed by atoms with Crippen molar-refractivity contribution in [3.8, 4) is 11.5 Å². The number of hydrogen-bond acceptors (Lipinski definition) is 3. The van der Waals surface area contributed by atoms with Gasteiger partial charge in [0.15, 0.2) is 5.82 Å². The van der Waals surface area contributed by atoms with Crippen molar-refractivity contribution in [3.05, 3.63) is 16.7 Å². The minimum atomic E-state index is -2.56. The smallest absolute Gasteiger partial charge is 0.251 e. The van der Waals surface area contributed by atoms with Crippen LogP contribution in [0.15, 0.2) is 16.7 Å². The molecule has 1 fully saturated rings. The van der Waals surface area contributed by atoms with Crippen molar-refractivity contribution in [2.24, 2.45) is 7.05 Å². The van der Waals surface area contributed by atoms with Crippen LogP contribution in [0.1, 0.15) is 12.8 Å². The van der Waals surface area contributed by atoms with Crippen LogP contribution in [0, 0.1) is 0 Å². The molecule has 0 spiro atoms. The topological polar surface area (TPSA) is 49.7 Å². The maximum absolute atomic E-state index is 13.1. The van der Waals surface area contributed by atoms with Crippen LogP contribution >= 0.6 is 15.9 Å². The third-order valence-electron chi connectivity index (χ3n) is 3.47. The number of alkyl halides is 2. The summed E-state index contributed by atoms with van der Waals surface area (Å²) < 4.78 is 29.1. The SMILES string of the molecule is Cn1cc(Br)cc1-c1nc(N2CCC(F)(F)CC2)n[nH]1. The normalized spacial score (nSPS) is 18.5. The first-order valence-electron chi connectivity index (χ1n) is 6.32. The van der Waals surface area contributed by atoms with Gasteiger partial charge in [0.2, 0.25) is 5.95 Å². The molecular formula is C12H14BrF2N5. The highest BCUT2D eigenvalue weighted by molar-refractivity contribution is 9.10. The fourth-order valence-corrected chi connectivity index (χ4v) is 2.83. The first kappa shape index (κ1) is 13.5. The summed E-state index contributed by atoms with van der Waals surface area (Å²) in [4.78, 5) is 6.19. The Balaban J connectivity index is 1.79. The van der Waals surface area contributed by atoms with Crippen molar-refractivity contribution in [1.29, 1.82) is 0 Å². The minimum absolute atomic E-state index is 0.146. The van der Waals surface area contributed by atoms with E-state index in [9.17, 15) is 8.78 Å². The zero-order valence-electron chi connectivity index (χ0n) is 10.9. The van der Waals surface area contributed by atoms with Crippen LogP contribution in [0.5, 0.6) is 0 Å². The molecule has 1 N–H and O–H groups in total. The zero-order valence-corrected chi connectivity index (χ0v) is 12.5. The molecule has 0 radical (unpaired) electrons. The zero-order chi connectivity index (χ0) is 14.3. The molecule has 0 bridgehead atoms. The first-order chi connectivity index (χ1) is 9.44. The van der Waals surface area contributed by atoms with Crippen molar-refractivity contribution in [2.75, 3.05) is 18.0 Å². The largest absolute Gasteiger partial charge is 0.347 e. The van der Waals surface area contributed by atoms with Gasteiger partial charge in [-0.15, -0.1) is 5.10 Å². The molecule has 5 nitrogen and oxygen atoms in total. The van der Waals surface area contributed by atoms with E-state index in [-0.39, 0.29) is 25.9 Å². The molecule has 20 heavy (non-hydrogen) atoms. The van der Waals surface area contributed by atoms with Gasteiger partial charge in [-0.1, -0.05) is 0 Å². The molecule has 3 heterocycles. The highest BCUT2D eigenvalue weighted by atomic mass is 79.9. The average Bonchev–Trinajstić information content (AvgIpc) is 2.96. The van der Waals surface area contributed by atoms with Gasteiger partial charge in [-0.3, -0.25) is 5.10 Å². The summed E-state index contributed by atoms with van der Waals surface area (Å²) in [5.74, 6) is -1.45. The Hall–Kier alpha value is -1.44. The van der Waals surface area contributed by atoms with Crippen LogP contribution in [-0.4, -0.2) is 38.8 Å². The van der Waals surface area contributed by atoms with E-state index in [4.69, 9.17) is 0 Å². The molecule has 0 saturated carbocycles. The van der Waals surface area contributed by atoms with E-state index in [1.54, 1.807) is 4.90 Å². The number of aromatic nitrogens is 4. The van der Waals surface area contributed by atoms with Gasteiger partial charge < -0.3 is 9.47 Å². The number of H-pyrrole nitrogens is 1. The predicted octanol–water partition coefficient (Wildman–Crippen LogP) is 2.81. The highest BCUT2D eigenvalue weighted by Gasteiger charge is 2.35. The number of nitrogens with zero attached hydrogens (tertiary/aromatic N) is 4. The van der Waals surface area contributed by atoms with E-state index < -0.39 is 5.92 Å². The summed E-state index contributed by atoms with van der Waals surface area (Å²) in [7, 11) is 1.91. The van der Waals surface area contributed by atoms with E-state index in [2.05, 4.69) is 31.1 Å². The summed E-state index contributed by atoms with van der Waals surface area (Å²) in [5, 5.41) is 6.99. The Morgan fingerprint density at radius 3 is 2.65 bits per heavy atom. The number of aryl methyl sites for hydroxylation is 1. The molecule has 3 rings (SSSR count). The van der Waals surface area contributed by atoms with Gasteiger partial charge in [-0.25, -0.2) is 8.78 Å². The lowest BCUT2D eigenvalue weighted by Gasteiger charge is -2.30. The average molecular weight is 346 g/mol. The third-order valence-corrected chi connectivity index (χ3v) is 3.90. The molecule has 8 heteroatoms. The van der Waals surface area contributed by atoms with Gasteiger partial charge in [-0.2, -0.15) is 4.98 Å². The van der Waals surface area contributed by atoms with Gasteiger partial charge >= 0.3 is 0 Å². The molecule has 2 aromatic heterocycles. The van der Waals surface area contributed by atoms with Crippen molar-refractivity contribution in [3.63, 3.8) is 0 Å². The molecule has 1 saturated heterocycles. The minimum Gasteiger partial charge on any atom is -0.347 e. The number of piperidine rings is 1. The summed E-state index contributed by atoms with van der Waals surface area (Å²) in [6.45, 7) is 0.558. The molecule has 1 aliphatic rings. The first-order valence-corrected chi connectivity index (χ1v) is 7.11. The molecule has 2 aromatic rings. The van der Waals surface area contributed by atoms with Crippen molar-refractivity contribution < 1.29 is 8.78 Å². The number of rotatable bonds is 2. The third kappa shape index (κ3) is 2.56. The predicted molar refractivity (Wildman–Crippen MR) is 74.9 cm³/mol. The number of anilines is 1. The summed E-state index contributed by atoms with van der Waals surface area (Å²) >= 11 is 3.40. The second kappa shape index (κ2) is 4.83. The van der Waals surface area contributed by atoms with Gasteiger partial charge in [0.25, 0.3) is 5.92 Å². The summed E-state index contributed by atoms with van der Waals surface area (Å²) in [6, 6.07) is 1.93.